The molecule has 0 heterocycles. The highest BCUT2D eigenvalue weighted by molar-refractivity contribution is 5.38. The maximum Gasteiger partial charge on any atom is 0.126 e. The van der Waals surface area contributed by atoms with E-state index in [4.69, 9.17) is 5.84 Å². The molecule has 0 saturated carbocycles. The molecule has 3 heteroatoms. The van der Waals surface area contributed by atoms with Crippen LogP contribution in [0.25, 0.3) is 0 Å². The second kappa shape index (κ2) is 5.29. The van der Waals surface area contributed by atoms with Crippen LogP contribution in [0.15, 0.2) is 42.5 Å². The molecule has 94 valence electrons. The number of nitrogens with two attached hydrogens (primary N) is 1. The first kappa shape index (κ1) is 12.7. The number of nitrogens with one attached hydrogen (secondary N) is 1. The summed E-state index contributed by atoms with van der Waals surface area (Å²) in [6.45, 7) is 3.79. The monoisotopic (exact) mass is 244 g/mol. The van der Waals surface area contributed by atoms with E-state index >= 15 is 0 Å². The summed E-state index contributed by atoms with van der Waals surface area (Å²) in [5.74, 6) is 5.45. The van der Waals surface area contributed by atoms with Gasteiger partial charge in [0.25, 0.3) is 0 Å². The van der Waals surface area contributed by atoms with Crippen molar-refractivity contribution in [3.63, 3.8) is 0 Å². The molecule has 2 aromatic carbocycles. The van der Waals surface area contributed by atoms with E-state index in [2.05, 4.69) is 5.43 Å². The minimum atomic E-state index is -0.195. The first-order valence-electron chi connectivity index (χ1n) is 5.91. The third kappa shape index (κ3) is 2.42. The van der Waals surface area contributed by atoms with Crippen LogP contribution >= 0.6 is 0 Å². The molecule has 0 aromatic heterocycles. The lowest BCUT2D eigenvalue weighted by molar-refractivity contribution is 0.607. The first-order valence-corrected chi connectivity index (χ1v) is 5.91. The lowest BCUT2D eigenvalue weighted by atomic mass is 9.94. The van der Waals surface area contributed by atoms with Gasteiger partial charge in [-0.2, -0.15) is 0 Å². The molecule has 0 spiro atoms. The van der Waals surface area contributed by atoms with Gasteiger partial charge in [0.15, 0.2) is 0 Å². The molecule has 2 rings (SSSR count). The predicted molar refractivity (Wildman–Crippen MR) is 71.5 cm³/mol. The third-order valence-electron chi connectivity index (χ3n) is 3.18. The molecule has 1 atom stereocenters. The summed E-state index contributed by atoms with van der Waals surface area (Å²) < 4.78 is 13.3. The molecule has 18 heavy (non-hydrogen) atoms. The van der Waals surface area contributed by atoms with Crippen molar-refractivity contribution in [2.24, 2.45) is 5.84 Å². The van der Waals surface area contributed by atoms with Gasteiger partial charge in [-0.15, -0.1) is 0 Å². The van der Waals surface area contributed by atoms with Gasteiger partial charge in [0, 0.05) is 0 Å². The minimum Gasteiger partial charge on any atom is -0.271 e. The second-order valence-corrected chi connectivity index (χ2v) is 4.46. The topological polar surface area (TPSA) is 38.0 Å². The number of hydrazine groups is 1. The molecule has 1 unspecified atom stereocenters. The van der Waals surface area contributed by atoms with E-state index in [9.17, 15) is 4.39 Å². The fourth-order valence-electron chi connectivity index (χ4n) is 2.12. The van der Waals surface area contributed by atoms with Gasteiger partial charge in [-0.05, 0) is 42.2 Å². The molecular formula is C15H17FN2. The molecule has 0 aliphatic carbocycles. The van der Waals surface area contributed by atoms with Crippen molar-refractivity contribution in [3.05, 3.63) is 70.5 Å². The third-order valence-corrected chi connectivity index (χ3v) is 3.18. The van der Waals surface area contributed by atoms with E-state index in [0.717, 1.165) is 16.7 Å². The Morgan fingerprint density at radius 2 is 1.78 bits per heavy atom. The Hall–Kier alpha value is -1.71. The fourth-order valence-corrected chi connectivity index (χ4v) is 2.12. The normalized spacial score (nSPS) is 12.4. The summed E-state index contributed by atoms with van der Waals surface area (Å²) >= 11 is 0. The van der Waals surface area contributed by atoms with Crippen molar-refractivity contribution in [2.45, 2.75) is 19.9 Å². The van der Waals surface area contributed by atoms with Crippen molar-refractivity contribution in [1.29, 1.82) is 0 Å². The van der Waals surface area contributed by atoms with E-state index in [-0.39, 0.29) is 11.9 Å². The minimum absolute atomic E-state index is 0.120. The molecule has 0 aliphatic rings. The molecule has 2 nitrogen and oxygen atoms in total. The zero-order chi connectivity index (χ0) is 13.1. The van der Waals surface area contributed by atoms with Crippen LogP contribution in [0.5, 0.6) is 0 Å². The smallest absolute Gasteiger partial charge is 0.126 e. The van der Waals surface area contributed by atoms with E-state index < -0.39 is 0 Å². The number of hydrogen-bond acceptors (Lipinski definition) is 2. The largest absolute Gasteiger partial charge is 0.271 e. The van der Waals surface area contributed by atoms with Crippen LogP contribution in [0.2, 0.25) is 0 Å². The van der Waals surface area contributed by atoms with Gasteiger partial charge in [0.05, 0.1) is 6.04 Å². The van der Waals surface area contributed by atoms with Crippen LogP contribution < -0.4 is 11.3 Å². The Kier molecular flexibility index (Phi) is 3.75. The Balaban J connectivity index is 2.45. The lowest BCUT2D eigenvalue weighted by Crippen LogP contribution is -2.29. The summed E-state index contributed by atoms with van der Waals surface area (Å²) in [5.41, 5.74) is 6.65. The fraction of sp³-hybridized carbons (Fsp3) is 0.200. The van der Waals surface area contributed by atoms with Crippen molar-refractivity contribution in [2.75, 3.05) is 0 Å². The van der Waals surface area contributed by atoms with Crippen molar-refractivity contribution in [1.82, 2.24) is 5.43 Å². The molecule has 0 aliphatic heterocycles. The molecule has 2 aromatic rings. The van der Waals surface area contributed by atoms with Crippen molar-refractivity contribution >= 4 is 0 Å². The van der Waals surface area contributed by atoms with Gasteiger partial charge in [0.1, 0.15) is 5.82 Å². The molecule has 3 N–H and O–H groups in total. The molecule has 0 radical (unpaired) electrons. The Morgan fingerprint density at radius 1 is 1.06 bits per heavy atom. The van der Waals surface area contributed by atoms with Crippen LogP contribution in [0.1, 0.15) is 28.3 Å². The average molecular weight is 244 g/mol. The second-order valence-electron chi connectivity index (χ2n) is 4.46. The summed E-state index contributed by atoms with van der Waals surface area (Å²) in [4.78, 5) is 0. The highest BCUT2D eigenvalue weighted by Crippen LogP contribution is 2.25. The Labute approximate surface area is 107 Å². The molecule has 0 fully saturated rings. The van der Waals surface area contributed by atoms with Crippen LogP contribution in [0, 0.1) is 19.7 Å². The molecule has 0 bridgehead atoms. The summed E-state index contributed by atoms with van der Waals surface area (Å²) in [6, 6.07) is 13.0. The molecular weight excluding hydrogens is 227 g/mol. The maximum absolute atomic E-state index is 13.3. The van der Waals surface area contributed by atoms with Crippen LogP contribution in [0.3, 0.4) is 0 Å². The van der Waals surface area contributed by atoms with E-state index in [1.165, 1.54) is 6.07 Å². The van der Waals surface area contributed by atoms with Crippen LogP contribution in [0.4, 0.5) is 4.39 Å². The summed E-state index contributed by atoms with van der Waals surface area (Å²) in [5, 5.41) is 0. The van der Waals surface area contributed by atoms with Gasteiger partial charge in [0.2, 0.25) is 0 Å². The number of rotatable bonds is 3. The van der Waals surface area contributed by atoms with Gasteiger partial charge in [-0.25, -0.2) is 9.82 Å². The molecule has 0 saturated heterocycles. The van der Waals surface area contributed by atoms with Crippen LogP contribution in [-0.2, 0) is 0 Å². The average Bonchev–Trinajstić information content (AvgIpc) is 2.37. The Morgan fingerprint density at radius 3 is 2.39 bits per heavy atom. The predicted octanol–water partition coefficient (Wildman–Crippen LogP) is 3.00. The van der Waals surface area contributed by atoms with E-state index in [1.54, 1.807) is 13.0 Å². The number of benzene rings is 2. The summed E-state index contributed by atoms with van der Waals surface area (Å²) in [7, 11) is 0. The van der Waals surface area contributed by atoms with Crippen LogP contribution in [-0.4, -0.2) is 0 Å². The Bertz CT molecular complexity index is 552. The van der Waals surface area contributed by atoms with Gasteiger partial charge >= 0.3 is 0 Å². The number of halogens is 1. The molecule has 0 amide bonds. The van der Waals surface area contributed by atoms with E-state index in [1.807, 2.05) is 37.3 Å². The standard InChI is InChI=1S/C15H17FN2/c1-10-5-3-4-6-13(10)15(18-17)12-7-8-14(16)11(2)9-12/h3-9,15,18H,17H2,1-2H3. The maximum atomic E-state index is 13.3. The van der Waals surface area contributed by atoms with Gasteiger partial charge < -0.3 is 0 Å². The first-order chi connectivity index (χ1) is 8.63. The zero-order valence-electron chi connectivity index (χ0n) is 10.6. The SMILES string of the molecule is Cc1cc(C(NN)c2ccccc2C)ccc1F. The highest BCUT2D eigenvalue weighted by atomic mass is 19.1. The quantitative estimate of drug-likeness (QED) is 0.643. The number of aryl methyl sites for hydroxylation is 2. The van der Waals surface area contributed by atoms with Gasteiger partial charge in [-0.3, -0.25) is 5.84 Å². The van der Waals surface area contributed by atoms with Crippen molar-refractivity contribution < 1.29 is 4.39 Å². The zero-order valence-corrected chi connectivity index (χ0v) is 10.6. The lowest BCUT2D eigenvalue weighted by Gasteiger charge is -2.19. The number of hydrogen-bond donors (Lipinski definition) is 2. The van der Waals surface area contributed by atoms with Crippen molar-refractivity contribution in [3.8, 4) is 0 Å². The highest BCUT2D eigenvalue weighted by Gasteiger charge is 2.15. The summed E-state index contributed by atoms with van der Waals surface area (Å²) in [6.07, 6.45) is 0. The van der Waals surface area contributed by atoms with E-state index in [0.29, 0.717) is 5.56 Å². The van der Waals surface area contributed by atoms with Gasteiger partial charge in [-0.1, -0.05) is 36.4 Å².